The molecule has 2 rings (SSSR count). The van der Waals surface area contributed by atoms with Gasteiger partial charge in [0.1, 0.15) is 24.3 Å². The van der Waals surface area contributed by atoms with Gasteiger partial charge in [-0.05, 0) is 37.5 Å². The van der Waals surface area contributed by atoms with E-state index in [1.807, 2.05) is 34.6 Å². The number of halogens is 1. The van der Waals surface area contributed by atoms with Gasteiger partial charge in [0, 0.05) is 5.56 Å². The van der Waals surface area contributed by atoms with E-state index in [1.54, 1.807) is 6.07 Å². The Hall–Kier alpha value is -1.13. The minimum atomic E-state index is -0.552. The van der Waals surface area contributed by atoms with Crippen molar-refractivity contribution >= 4 is 0 Å². The zero-order chi connectivity index (χ0) is 15.0. The summed E-state index contributed by atoms with van der Waals surface area (Å²) in [6.07, 6.45) is -0.0946. The SMILES string of the molecule is CC1(C)OCC(COc2ccc(F)cc2C(C)(C)C)O1. The number of rotatable bonds is 3. The summed E-state index contributed by atoms with van der Waals surface area (Å²) in [6, 6.07) is 4.63. The van der Waals surface area contributed by atoms with Crippen molar-refractivity contribution in [2.45, 2.75) is 51.9 Å². The lowest BCUT2D eigenvalue weighted by atomic mass is 9.86. The summed E-state index contributed by atoms with van der Waals surface area (Å²) in [6.45, 7) is 10.8. The van der Waals surface area contributed by atoms with Crippen LogP contribution in [0.4, 0.5) is 4.39 Å². The van der Waals surface area contributed by atoms with Crippen LogP contribution >= 0.6 is 0 Å². The predicted molar refractivity (Wildman–Crippen MR) is 75.5 cm³/mol. The lowest BCUT2D eigenvalue weighted by Gasteiger charge is -2.24. The van der Waals surface area contributed by atoms with Crippen LogP contribution in [-0.4, -0.2) is 25.1 Å². The lowest BCUT2D eigenvalue weighted by Crippen LogP contribution is -2.25. The summed E-state index contributed by atoms with van der Waals surface area (Å²) in [7, 11) is 0. The Morgan fingerprint density at radius 1 is 1.35 bits per heavy atom. The topological polar surface area (TPSA) is 27.7 Å². The molecule has 112 valence electrons. The highest BCUT2D eigenvalue weighted by molar-refractivity contribution is 5.38. The number of ether oxygens (including phenoxy) is 3. The zero-order valence-corrected chi connectivity index (χ0v) is 12.8. The van der Waals surface area contributed by atoms with E-state index in [9.17, 15) is 4.39 Å². The summed E-state index contributed by atoms with van der Waals surface area (Å²) in [5.74, 6) is -0.0972. The van der Waals surface area contributed by atoms with Crippen LogP contribution in [0, 0.1) is 5.82 Å². The highest BCUT2D eigenvalue weighted by Gasteiger charge is 2.33. The highest BCUT2D eigenvalue weighted by atomic mass is 19.1. The quantitative estimate of drug-likeness (QED) is 0.847. The molecule has 0 radical (unpaired) electrons. The van der Waals surface area contributed by atoms with Crippen molar-refractivity contribution in [1.29, 1.82) is 0 Å². The van der Waals surface area contributed by atoms with Gasteiger partial charge in [-0.15, -0.1) is 0 Å². The normalized spacial score (nSPS) is 22.0. The summed E-state index contributed by atoms with van der Waals surface area (Å²) < 4.78 is 30.4. The average Bonchev–Trinajstić information content (AvgIpc) is 2.66. The molecule has 4 heteroatoms. The first kappa shape index (κ1) is 15.3. The third-order valence-corrected chi connectivity index (χ3v) is 3.24. The van der Waals surface area contributed by atoms with Gasteiger partial charge in [0.05, 0.1) is 6.61 Å². The second-order valence-electron chi connectivity index (χ2n) is 6.65. The van der Waals surface area contributed by atoms with Crippen molar-refractivity contribution in [3.8, 4) is 5.75 Å². The molecular weight excluding hydrogens is 259 g/mol. The molecular formula is C16H23FO3. The van der Waals surface area contributed by atoms with Gasteiger partial charge in [-0.1, -0.05) is 20.8 Å². The molecule has 0 bridgehead atoms. The monoisotopic (exact) mass is 282 g/mol. The second-order valence-corrected chi connectivity index (χ2v) is 6.65. The maximum absolute atomic E-state index is 13.4. The molecule has 1 unspecified atom stereocenters. The summed E-state index contributed by atoms with van der Waals surface area (Å²) in [5, 5.41) is 0. The fourth-order valence-electron chi connectivity index (χ4n) is 2.24. The Bertz CT molecular complexity index is 477. The molecule has 3 nitrogen and oxygen atoms in total. The maximum Gasteiger partial charge on any atom is 0.163 e. The van der Waals surface area contributed by atoms with Crippen molar-refractivity contribution in [3.63, 3.8) is 0 Å². The third kappa shape index (κ3) is 3.70. The molecule has 1 fully saturated rings. The molecule has 1 atom stereocenters. The number of hydrogen-bond donors (Lipinski definition) is 0. The van der Waals surface area contributed by atoms with Crippen LogP contribution in [-0.2, 0) is 14.9 Å². The van der Waals surface area contributed by atoms with E-state index in [0.29, 0.717) is 19.0 Å². The molecule has 1 aromatic carbocycles. The van der Waals surface area contributed by atoms with E-state index in [-0.39, 0.29) is 17.3 Å². The first-order valence-corrected chi connectivity index (χ1v) is 6.92. The molecule has 0 aliphatic carbocycles. The molecule has 0 N–H and O–H groups in total. The van der Waals surface area contributed by atoms with Crippen LogP contribution in [0.25, 0.3) is 0 Å². The number of benzene rings is 1. The molecule has 0 aromatic heterocycles. The molecule has 1 aromatic rings. The van der Waals surface area contributed by atoms with Crippen LogP contribution in [0.1, 0.15) is 40.2 Å². The Morgan fingerprint density at radius 2 is 2.05 bits per heavy atom. The van der Waals surface area contributed by atoms with Crippen molar-refractivity contribution in [2.75, 3.05) is 13.2 Å². The van der Waals surface area contributed by atoms with Gasteiger partial charge in [0.25, 0.3) is 0 Å². The standard InChI is InChI=1S/C16H23FO3/c1-15(2,3)13-8-11(17)6-7-14(13)18-9-12-10-19-16(4,5)20-12/h6-8,12H,9-10H2,1-5H3. The summed E-state index contributed by atoms with van der Waals surface area (Å²) in [4.78, 5) is 0. The first-order chi connectivity index (χ1) is 9.17. The fourth-order valence-corrected chi connectivity index (χ4v) is 2.24. The lowest BCUT2D eigenvalue weighted by molar-refractivity contribution is -0.141. The molecule has 1 aliphatic heterocycles. The molecule has 1 saturated heterocycles. The van der Waals surface area contributed by atoms with Crippen molar-refractivity contribution in [1.82, 2.24) is 0 Å². The van der Waals surface area contributed by atoms with Gasteiger partial charge >= 0.3 is 0 Å². The van der Waals surface area contributed by atoms with E-state index >= 15 is 0 Å². The van der Waals surface area contributed by atoms with Crippen LogP contribution in [0.2, 0.25) is 0 Å². The Kier molecular flexibility index (Phi) is 4.07. The van der Waals surface area contributed by atoms with Crippen LogP contribution in [0.3, 0.4) is 0 Å². The van der Waals surface area contributed by atoms with E-state index in [4.69, 9.17) is 14.2 Å². The van der Waals surface area contributed by atoms with Crippen molar-refractivity contribution in [2.24, 2.45) is 0 Å². The van der Waals surface area contributed by atoms with Gasteiger partial charge in [-0.3, -0.25) is 0 Å². The number of hydrogen-bond acceptors (Lipinski definition) is 3. The van der Waals surface area contributed by atoms with Gasteiger partial charge in [-0.25, -0.2) is 4.39 Å². The minimum absolute atomic E-state index is 0.0946. The van der Waals surface area contributed by atoms with Gasteiger partial charge in [-0.2, -0.15) is 0 Å². The molecule has 0 spiro atoms. The average molecular weight is 282 g/mol. The molecule has 1 heterocycles. The fraction of sp³-hybridized carbons (Fsp3) is 0.625. The first-order valence-electron chi connectivity index (χ1n) is 6.92. The van der Waals surface area contributed by atoms with Crippen molar-refractivity contribution in [3.05, 3.63) is 29.6 Å². The predicted octanol–water partition coefficient (Wildman–Crippen LogP) is 3.65. The third-order valence-electron chi connectivity index (χ3n) is 3.24. The van der Waals surface area contributed by atoms with Gasteiger partial charge in [0.15, 0.2) is 5.79 Å². The van der Waals surface area contributed by atoms with Gasteiger partial charge in [0.2, 0.25) is 0 Å². The molecule has 1 aliphatic rings. The van der Waals surface area contributed by atoms with Crippen molar-refractivity contribution < 1.29 is 18.6 Å². The van der Waals surface area contributed by atoms with E-state index in [2.05, 4.69) is 0 Å². The molecule has 0 amide bonds. The van der Waals surface area contributed by atoms with E-state index in [0.717, 1.165) is 5.56 Å². The molecule has 20 heavy (non-hydrogen) atoms. The van der Waals surface area contributed by atoms with Crippen LogP contribution in [0.5, 0.6) is 5.75 Å². The maximum atomic E-state index is 13.4. The molecule has 0 saturated carbocycles. The van der Waals surface area contributed by atoms with E-state index in [1.165, 1.54) is 12.1 Å². The highest BCUT2D eigenvalue weighted by Crippen LogP contribution is 2.32. The Morgan fingerprint density at radius 3 is 2.60 bits per heavy atom. The van der Waals surface area contributed by atoms with Crippen LogP contribution in [0.15, 0.2) is 18.2 Å². The second kappa shape index (κ2) is 5.34. The largest absolute Gasteiger partial charge is 0.490 e. The summed E-state index contributed by atoms with van der Waals surface area (Å²) >= 11 is 0. The van der Waals surface area contributed by atoms with Crippen LogP contribution < -0.4 is 4.74 Å². The van der Waals surface area contributed by atoms with E-state index < -0.39 is 5.79 Å². The Balaban J connectivity index is 2.07. The van der Waals surface area contributed by atoms with Gasteiger partial charge < -0.3 is 14.2 Å². The smallest absolute Gasteiger partial charge is 0.163 e. The minimum Gasteiger partial charge on any atom is -0.490 e. The summed E-state index contributed by atoms with van der Waals surface area (Å²) in [5.41, 5.74) is 0.680. The Labute approximate surface area is 120 Å². The zero-order valence-electron chi connectivity index (χ0n) is 12.8.